The van der Waals surface area contributed by atoms with E-state index in [0.717, 1.165) is 28.8 Å². The van der Waals surface area contributed by atoms with Gasteiger partial charge in [-0.25, -0.2) is 0 Å². The summed E-state index contributed by atoms with van der Waals surface area (Å²) in [6.07, 6.45) is 0. The van der Waals surface area contributed by atoms with Crippen LogP contribution in [0.25, 0.3) is 0 Å². The lowest BCUT2D eigenvalue weighted by atomic mass is 10.1. The van der Waals surface area contributed by atoms with Gasteiger partial charge in [-0.05, 0) is 37.6 Å². The molecule has 0 unspecified atom stereocenters. The Balaban J connectivity index is 1.77. The number of para-hydroxylation sites is 1. The zero-order chi connectivity index (χ0) is 19.6. The number of carbonyl (C=O) groups excluding carboxylic acids is 1. The second-order valence-corrected chi connectivity index (χ2v) is 6.82. The predicted octanol–water partition coefficient (Wildman–Crippen LogP) is 3.51. The number of anilines is 3. The first-order valence-corrected chi connectivity index (χ1v) is 9.03. The number of aromatic nitrogens is 2. The van der Waals surface area contributed by atoms with Crippen LogP contribution in [0.15, 0.2) is 28.7 Å². The largest absolute Gasteiger partial charge is 0.505 e. The van der Waals surface area contributed by atoms with Gasteiger partial charge in [-0.1, -0.05) is 6.07 Å². The molecule has 0 aliphatic carbocycles. The lowest BCUT2D eigenvalue weighted by Gasteiger charge is -2.14. The number of hydrogen-bond acceptors (Lipinski definition) is 8. The highest BCUT2D eigenvalue weighted by atomic mass is 32.1. The van der Waals surface area contributed by atoms with Crippen molar-refractivity contribution in [3.63, 3.8) is 0 Å². The highest BCUT2D eigenvalue weighted by Crippen LogP contribution is 2.32. The van der Waals surface area contributed by atoms with Gasteiger partial charge in [0.25, 0.3) is 5.91 Å². The quantitative estimate of drug-likeness (QED) is 0.556. The molecular weight excluding hydrogens is 366 g/mol. The van der Waals surface area contributed by atoms with E-state index in [2.05, 4.69) is 19.4 Å². The lowest BCUT2D eigenvalue weighted by molar-refractivity contribution is 0.0824. The van der Waals surface area contributed by atoms with Crippen LogP contribution in [-0.4, -0.2) is 38.8 Å². The van der Waals surface area contributed by atoms with Crippen molar-refractivity contribution in [1.29, 1.82) is 0 Å². The van der Waals surface area contributed by atoms with Gasteiger partial charge in [0.2, 0.25) is 0 Å². The zero-order valence-electron chi connectivity index (χ0n) is 15.5. The third kappa shape index (κ3) is 4.03. The molecule has 27 heavy (non-hydrogen) atoms. The number of nitrogens with zero attached hydrogens (tertiary/aromatic N) is 3. The molecule has 0 saturated heterocycles. The summed E-state index contributed by atoms with van der Waals surface area (Å²) in [6, 6.07) is 6.91. The highest BCUT2D eigenvalue weighted by Gasteiger charge is 2.18. The maximum absolute atomic E-state index is 12.2. The molecule has 142 valence electrons. The van der Waals surface area contributed by atoms with Gasteiger partial charge in [0.05, 0.1) is 29.5 Å². The Labute approximate surface area is 161 Å². The molecule has 2 aromatic heterocycles. The third-order valence-corrected chi connectivity index (χ3v) is 4.59. The summed E-state index contributed by atoms with van der Waals surface area (Å²) in [6.45, 7) is 4.37. The van der Waals surface area contributed by atoms with Crippen LogP contribution < -0.4 is 10.6 Å². The van der Waals surface area contributed by atoms with Crippen LogP contribution in [0, 0.1) is 13.8 Å². The van der Waals surface area contributed by atoms with Gasteiger partial charge < -0.3 is 25.1 Å². The van der Waals surface area contributed by atoms with Crippen LogP contribution in [-0.2, 0) is 6.54 Å². The molecule has 0 atom stereocenters. The molecule has 0 aliphatic rings. The molecule has 2 heterocycles. The summed E-state index contributed by atoms with van der Waals surface area (Å²) < 4.78 is 14.1. The van der Waals surface area contributed by atoms with E-state index in [9.17, 15) is 9.90 Å². The van der Waals surface area contributed by atoms with E-state index in [0.29, 0.717) is 23.9 Å². The molecule has 3 N–H and O–H groups in total. The number of phenolic OH excluding ortho intramolecular Hbond substituents is 1. The van der Waals surface area contributed by atoms with E-state index in [4.69, 9.17) is 4.42 Å². The van der Waals surface area contributed by atoms with Gasteiger partial charge in [0.1, 0.15) is 11.5 Å². The molecule has 0 saturated carbocycles. The van der Waals surface area contributed by atoms with Crippen molar-refractivity contribution in [2.75, 3.05) is 24.7 Å². The Bertz CT molecular complexity index is 944. The summed E-state index contributed by atoms with van der Waals surface area (Å²) in [5.41, 5.74) is 1.68. The Kier molecular flexibility index (Phi) is 5.31. The maximum atomic E-state index is 12.2. The molecule has 0 bridgehead atoms. The minimum atomic E-state index is -0.283. The molecule has 0 radical (unpaired) electrons. The molecule has 1 amide bonds. The number of furan rings is 1. The molecule has 0 fully saturated rings. The molecule has 3 rings (SSSR count). The van der Waals surface area contributed by atoms with Gasteiger partial charge in [-0.15, -0.1) is 0 Å². The van der Waals surface area contributed by atoms with Gasteiger partial charge >= 0.3 is 0 Å². The Morgan fingerprint density at radius 1 is 1.26 bits per heavy atom. The van der Waals surface area contributed by atoms with E-state index >= 15 is 0 Å². The van der Waals surface area contributed by atoms with Crippen molar-refractivity contribution >= 4 is 35.0 Å². The van der Waals surface area contributed by atoms with Crippen molar-refractivity contribution in [3.05, 3.63) is 46.9 Å². The van der Waals surface area contributed by atoms with Crippen LogP contribution in [0.4, 0.5) is 17.3 Å². The summed E-state index contributed by atoms with van der Waals surface area (Å²) in [7, 11) is 3.26. The van der Waals surface area contributed by atoms with E-state index < -0.39 is 0 Å². The van der Waals surface area contributed by atoms with Crippen LogP contribution in [0.2, 0.25) is 0 Å². The topological polar surface area (TPSA) is 104 Å². The SMILES string of the molecule is Cc1cc(CNc2nsnc2Nc2cccc(C(=O)N(C)C)c2O)oc1C. The van der Waals surface area contributed by atoms with Gasteiger partial charge in [0, 0.05) is 14.1 Å². The number of carbonyl (C=O) groups is 1. The minimum Gasteiger partial charge on any atom is -0.505 e. The molecule has 8 nitrogen and oxygen atoms in total. The first-order chi connectivity index (χ1) is 12.9. The fourth-order valence-electron chi connectivity index (χ4n) is 2.48. The van der Waals surface area contributed by atoms with E-state index in [1.807, 2.05) is 19.9 Å². The normalized spacial score (nSPS) is 10.7. The second kappa shape index (κ2) is 7.67. The van der Waals surface area contributed by atoms with Gasteiger partial charge in [-0.2, -0.15) is 8.75 Å². The molecule has 9 heteroatoms. The predicted molar refractivity (Wildman–Crippen MR) is 105 cm³/mol. The molecule has 3 aromatic rings. The van der Waals surface area contributed by atoms with Crippen molar-refractivity contribution in [2.24, 2.45) is 0 Å². The van der Waals surface area contributed by atoms with Gasteiger partial charge in [0.15, 0.2) is 17.4 Å². The number of hydrogen-bond donors (Lipinski definition) is 3. The first-order valence-electron chi connectivity index (χ1n) is 8.29. The average Bonchev–Trinajstić information content (AvgIpc) is 3.20. The second-order valence-electron chi connectivity index (χ2n) is 6.29. The monoisotopic (exact) mass is 387 g/mol. The van der Waals surface area contributed by atoms with Crippen LogP contribution in [0.5, 0.6) is 5.75 Å². The lowest BCUT2D eigenvalue weighted by Crippen LogP contribution is -2.21. The maximum Gasteiger partial charge on any atom is 0.257 e. The number of benzene rings is 1. The standard InChI is InChI=1S/C18H21N5O3S/c1-10-8-12(26-11(10)2)9-19-16-17(22-27-21-16)20-14-7-5-6-13(15(14)24)18(25)23(3)4/h5-8,24H,9H2,1-4H3,(H,19,21)(H,20,22). The molecule has 0 aliphatic heterocycles. The van der Waals surface area contributed by atoms with E-state index in [1.54, 1.807) is 32.3 Å². The number of nitrogens with one attached hydrogen (secondary N) is 2. The molecular formula is C18H21N5O3S. The summed E-state index contributed by atoms with van der Waals surface area (Å²) in [5.74, 6) is 2.27. The van der Waals surface area contributed by atoms with Gasteiger partial charge in [-0.3, -0.25) is 4.79 Å². The van der Waals surface area contributed by atoms with Crippen LogP contribution >= 0.6 is 11.7 Å². The Morgan fingerprint density at radius 3 is 2.67 bits per heavy atom. The average molecular weight is 387 g/mol. The highest BCUT2D eigenvalue weighted by molar-refractivity contribution is 6.99. The zero-order valence-corrected chi connectivity index (χ0v) is 16.3. The van der Waals surface area contributed by atoms with Crippen molar-refractivity contribution in [1.82, 2.24) is 13.6 Å². The van der Waals surface area contributed by atoms with E-state index in [-0.39, 0.29) is 17.2 Å². The number of rotatable bonds is 6. The fourth-order valence-corrected chi connectivity index (χ4v) is 2.97. The number of aryl methyl sites for hydroxylation is 2. The number of phenols is 1. The summed E-state index contributed by atoms with van der Waals surface area (Å²) in [4.78, 5) is 13.6. The number of amides is 1. The van der Waals surface area contributed by atoms with Crippen molar-refractivity contribution in [3.8, 4) is 5.75 Å². The van der Waals surface area contributed by atoms with Crippen molar-refractivity contribution in [2.45, 2.75) is 20.4 Å². The van der Waals surface area contributed by atoms with Crippen LogP contribution in [0.1, 0.15) is 27.4 Å². The van der Waals surface area contributed by atoms with Crippen molar-refractivity contribution < 1.29 is 14.3 Å². The first kappa shape index (κ1) is 18.7. The summed E-state index contributed by atoms with van der Waals surface area (Å²) >= 11 is 1.04. The smallest absolute Gasteiger partial charge is 0.257 e. The minimum absolute atomic E-state index is 0.132. The Morgan fingerprint density at radius 2 is 2.00 bits per heavy atom. The van der Waals surface area contributed by atoms with E-state index in [1.165, 1.54) is 4.90 Å². The Hall–Kier alpha value is -3.07. The third-order valence-electron chi connectivity index (χ3n) is 4.06. The molecule has 1 aromatic carbocycles. The summed E-state index contributed by atoms with van der Waals surface area (Å²) in [5, 5.41) is 16.6. The number of aromatic hydroxyl groups is 1. The fraction of sp³-hybridized carbons (Fsp3) is 0.278. The van der Waals surface area contributed by atoms with Crippen LogP contribution in [0.3, 0.4) is 0 Å². The molecule has 0 spiro atoms.